The summed E-state index contributed by atoms with van der Waals surface area (Å²) in [6.45, 7) is 2.50. The summed E-state index contributed by atoms with van der Waals surface area (Å²) in [7, 11) is 0. The maximum Gasteiger partial charge on any atom is 0.410 e. The lowest BCUT2D eigenvalue weighted by Gasteiger charge is -2.29. The number of rotatable bonds is 2. The first kappa shape index (κ1) is 14.5. The van der Waals surface area contributed by atoms with E-state index < -0.39 is 30.6 Å². The minimum absolute atomic E-state index is 0.576. The number of nitrogens with zero attached hydrogens (tertiary/aromatic N) is 1. The van der Waals surface area contributed by atoms with Gasteiger partial charge < -0.3 is 9.84 Å². The van der Waals surface area contributed by atoms with E-state index in [-0.39, 0.29) is 0 Å². The number of alkyl halides is 1. The van der Waals surface area contributed by atoms with Crippen LogP contribution in [-0.4, -0.2) is 34.5 Å². The Hall–Kier alpha value is -0.890. The fraction of sp³-hybridized carbons (Fsp3) is 0.462. The molecule has 1 amide bonds. The zero-order chi connectivity index (χ0) is 14.2. The van der Waals surface area contributed by atoms with Gasteiger partial charge in [-0.2, -0.15) is 0 Å². The second kappa shape index (κ2) is 5.24. The predicted molar refractivity (Wildman–Crippen MR) is 76.7 cm³/mol. The van der Waals surface area contributed by atoms with Crippen LogP contribution in [-0.2, 0) is 4.74 Å². The Balaban J connectivity index is 2.36. The quantitative estimate of drug-likeness (QED) is 0.802. The average molecular weight is 379 g/mol. The second-order valence-electron chi connectivity index (χ2n) is 4.91. The summed E-state index contributed by atoms with van der Waals surface area (Å²) in [5, 5.41) is 9.24. The largest absolute Gasteiger partial charge is 0.465 e. The summed E-state index contributed by atoms with van der Waals surface area (Å²) in [6, 6.07) is 6.66. The zero-order valence-electron chi connectivity index (χ0n) is 10.6. The van der Waals surface area contributed by atoms with Crippen LogP contribution in [0.3, 0.4) is 0 Å². The number of hydrogen-bond donors (Lipinski definition) is 1. The average Bonchev–Trinajstić information content (AvgIpc) is 2.61. The molecule has 1 heterocycles. The van der Waals surface area contributed by atoms with Crippen molar-refractivity contribution >= 4 is 28.7 Å². The molecule has 4 nitrogen and oxygen atoms in total. The summed E-state index contributed by atoms with van der Waals surface area (Å²) in [5.74, 6) is 0. The summed E-state index contributed by atoms with van der Waals surface area (Å²) in [6.07, 6.45) is -1.74. The molecule has 104 valence electrons. The fourth-order valence-electron chi connectivity index (χ4n) is 2.45. The maximum absolute atomic E-state index is 13.3. The van der Waals surface area contributed by atoms with Crippen molar-refractivity contribution in [1.82, 2.24) is 4.90 Å². The Morgan fingerprint density at radius 1 is 1.47 bits per heavy atom. The molecule has 0 unspecified atom stereocenters. The van der Waals surface area contributed by atoms with Gasteiger partial charge in [-0.15, -0.1) is 0 Å². The van der Waals surface area contributed by atoms with Crippen molar-refractivity contribution in [1.29, 1.82) is 0 Å². The molecule has 0 aliphatic carbocycles. The van der Waals surface area contributed by atoms with Crippen molar-refractivity contribution < 1.29 is 19.0 Å². The van der Waals surface area contributed by atoms with E-state index in [2.05, 4.69) is 22.6 Å². The zero-order valence-corrected chi connectivity index (χ0v) is 12.8. The number of halogens is 2. The molecule has 0 radical (unpaired) electrons. The van der Waals surface area contributed by atoms with Gasteiger partial charge in [-0.3, -0.25) is 4.90 Å². The van der Waals surface area contributed by atoms with Gasteiger partial charge in [0.25, 0.3) is 0 Å². The van der Waals surface area contributed by atoms with Crippen molar-refractivity contribution in [3.8, 4) is 0 Å². The topological polar surface area (TPSA) is 49.8 Å². The molecule has 1 saturated heterocycles. The highest BCUT2D eigenvalue weighted by molar-refractivity contribution is 14.1. The van der Waals surface area contributed by atoms with Gasteiger partial charge in [-0.1, -0.05) is 12.1 Å². The van der Waals surface area contributed by atoms with Crippen molar-refractivity contribution in [3.63, 3.8) is 0 Å². The molecule has 0 saturated carbocycles. The Morgan fingerprint density at radius 2 is 2.05 bits per heavy atom. The van der Waals surface area contributed by atoms with Crippen LogP contribution >= 0.6 is 22.6 Å². The van der Waals surface area contributed by atoms with Crippen molar-refractivity contribution in [3.05, 3.63) is 33.4 Å². The normalized spacial score (nSPS) is 25.6. The van der Waals surface area contributed by atoms with Gasteiger partial charge in [0.2, 0.25) is 0 Å². The molecule has 6 heteroatoms. The van der Waals surface area contributed by atoms with Gasteiger partial charge in [0.1, 0.15) is 18.5 Å². The third kappa shape index (κ3) is 2.69. The van der Waals surface area contributed by atoms with Crippen LogP contribution < -0.4 is 0 Å². The highest BCUT2D eigenvalue weighted by Gasteiger charge is 2.50. The number of hydrogen-bond acceptors (Lipinski definition) is 2. The molecule has 1 aliphatic rings. The van der Waals surface area contributed by atoms with E-state index >= 15 is 0 Å². The molecule has 0 aromatic heterocycles. The molecule has 1 fully saturated rings. The van der Waals surface area contributed by atoms with Crippen molar-refractivity contribution in [2.24, 2.45) is 0 Å². The van der Waals surface area contributed by atoms with Crippen LogP contribution in [0.25, 0.3) is 0 Å². The number of benzene rings is 1. The number of amides is 1. The lowest BCUT2D eigenvalue weighted by molar-refractivity contribution is -0.0674. The molecule has 1 aliphatic heterocycles. The minimum atomic E-state index is -1.17. The van der Waals surface area contributed by atoms with Crippen LogP contribution in [0.2, 0.25) is 0 Å². The van der Waals surface area contributed by atoms with E-state index in [1.54, 1.807) is 13.8 Å². The van der Waals surface area contributed by atoms with E-state index in [4.69, 9.17) is 4.74 Å². The first-order valence-electron chi connectivity index (χ1n) is 5.88. The van der Waals surface area contributed by atoms with Crippen LogP contribution in [0.15, 0.2) is 24.3 Å². The standard InChI is InChI=1S/C13H15FINO3/c1-13(2)16(12(17)18)10(7-14)11(19-13)8-3-5-9(15)6-4-8/h3-6,10-11H,7H2,1-2H3,(H,17,18)/t10-,11+/m0/s1. The fourth-order valence-corrected chi connectivity index (χ4v) is 2.81. The lowest BCUT2D eigenvalue weighted by Crippen LogP contribution is -2.48. The highest BCUT2D eigenvalue weighted by Crippen LogP contribution is 2.41. The van der Waals surface area contributed by atoms with Gasteiger partial charge >= 0.3 is 6.09 Å². The van der Waals surface area contributed by atoms with Gasteiger partial charge in [0.15, 0.2) is 0 Å². The molecule has 19 heavy (non-hydrogen) atoms. The number of carboxylic acid groups (broad SMARTS) is 1. The van der Waals surface area contributed by atoms with Crippen LogP contribution in [0.5, 0.6) is 0 Å². The summed E-state index contributed by atoms with van der Waals surface area (Å²) in [4.78, 5) is 12.3. The van der Waals surface area contributed by atoms with Crippen LogP contribution in [0.1, 0.15) is 25.5 Å². The molecular formula is C13H15FINO3. The first-order valence-corrected chi connectivity index (χ1v) is 6.96. The molecular weight excluding hydrogens is 364 g/mol. The molecule has 0 bridgehead atoms. The SMILES string of the molecule is CC1(C)O[C@H](c2ccc(I)cc2)[C@H](CF)N1C(=O)O. The smallest absolute Gasteiger partial charge is 0.410 e. The number of carbonyl (C=O) groups is 1. The Labute approximate surface area is 124 Å². The molecule has 0 spiro atoms. The third-order valence-corrected chi connectivity index (χ3v) is 3.96. The van der Waals surface area contributed by atoms with E-state index in [1.165, 1.54) is 0 Å². The Morgan fingerprint density at radius 3 is 2.53 bits per heavy atom. The molecule has 1 aromatic rings. The van der Waals surface area contributed by atoms with Gasteiger partial charge in [0, 0.05) is 3.57 Å². The first-order chi connectivity index (χ1) is 8.86. The van der Waals surface area contributed by atoms with Gasteiger partial charge in [0.05, 0.1) is 6.04 Å². The van der Waals surface area contributed by atoms with Crippen molar-refractivity contribution in [2.75, 3.05) is 6.67 Å². The highest BCUT2D eigenvalue weighted by atomic mass is 127. The lowest BCUT2D eigenvalue weighted by atomic mass is 10.0. The van der Waals surface area contributed by atoms with E-state index in [9.17, 15) is 14.3 Å². The maximum atomic E-state index is 13.3. The predicted octanol–water partition coefficient (Wildman–Crippen LogP) is 3.42. The van der Waals surface area contributed by atoms with Crippen LogP contribution in [0, 0.1) is 3.57 Å². The minimum Gasteiger partial charge on any atom is -0.465 e. The summed E-state index contributed by atoms with van der Waals surface area (Å²) < 4.78 is 20.1. The van der Waals surface area contributed by atoms with E-state index in [0.29, 0.717) is 0 Å². The van der Waals surface area contributed by atoms with E-state index in [1.807, 2.05) is 24.3 Å². The van der Waals surface area contributed by atoms with Gasteiger partial charge in [-0.25, -0.2) is 9.18 Å². The Bertz CT molecular complexity index is 477. The second-order valence-corrected chi connectivity index (χ2v) is 6.16. The molecule has 1 aromatic carbocycles. The number of ether oxygens (including phenoxy) is 1. The molecule has 2 rings (SSSR count). The molecule has 1 N–H and O–H groups in total. The third-order valence-electron chi connectivity index (χ3n) is 3.24. The summed E-state index contributed by atoms with van der Waals surface area (Å²) in [5.41, 5.74) is -0.240. The van der Waals surface area contributed by atoms with E-state index in [0.717, 1.165) is 14.0 Å². The Kier molecular flexibility index (Phi) is 4.00. The van der Waals surface area contributed by atoms with Gasteiger partial charge in [-0.05, 0) is 54.1 Å². The monoisotopic (exact) mass is 379 g/mol. The van der Waals surface area contributed by atoms with Crippen LogP contribution in [0.4, 0.5) is 9.18 Å². The molecule has 2 atom stereocenters. The van der Waals surface area contributed by atoms with Crippen molar-refractivity contribution in [2.45, 2.75) is 31.7 Å². The summed E-state index contributed by atoms with van der Waals surface area (Å²) >= 11 is 2.18.